The van der Waals surface area contributed by atoms with Crippen LogP contribution in [0.5, 0.6) is 0 Å². The minimum atomic E-state index is 0.524. The van der Waals surface area contributed by atoms with Crippen LogP contribution in [0.15, 0.2) is 97.5 Å². The second kappa shape index (κ2) is 8.08. The molecular formula is C27H26N2. The van der Waals surface area contributed by atoms with Crippen LogP contribution in [0.2, 0.25) is 0 Å². The van der Waals surface area contributed by atoms with Crippen LogP contribution in [0.3, 0.4) is 0 Å². The topological polar surface area (TPSA) is 17.8 Å². The number of aromatic nitrogens is 2. The summed E-state index contributed by atoms with van der Waals surface area (Å²) >= 11 is 0. The molecule has 0 fully saturated rings. The van der Waals surface area contributed by atoms with E-state index in [9.17, 15) is 0 Å². The minimum absolute atomic E-state index is 0.524. The number of hydrogen-bond donors (Lipinski definition) is 0. The highest BCUT2D eigenvalue weighted by Gasteiger charge is 2.28. The van der Waals surface area contributed by atoms with Crippen molar-refractivity contribution in [1.82, 2.24) is 9.55 Å². The first-order chi connectivity index (χ1) is 14.4. The van der Waals surface area contributed by atoms with Gasteiger partial charge in [0.25, 0.3) is 0 Å². The molecule has 1 heterocycles. The second-order valence-corrected chi connectivity index (χ2v) is 8.15. The van der Waals surface area contributed by atoms with E-state index in [1.165, 1.54) is 34.4 Å². The molecule has 3 aromatic carbocycles. The van der Waals surface area contributed by atoms with Gasteiger partial charge in [-0.2, -0.15) is 0 Å². The van der Waals surface area contributed by atoms with Gasteiger partial charge >= 0.3 is 0 Å². The fourth-order valence-corrected chi connectivity index (χ4v) is 4.80. The van der Waals surface area contributed by atoms with Crippen molar-refractivity contribution in [2.45, 2.75) is 37.6 Å². The summed E-state index contributed by atoms with van der Waals surface area (Å²) in [6.07, 6.45) is 7.40. The number of imidazole rings is 1. The van der Waals surface area contributed by atoms with Gasteiger partial charge in [-0.05, 0) is 53.4 Å². The summed E-state index contributed by atoms with van der Waals surface area (Å²) in [5.41, 5.74) is 7.13. The minimum Gasteiger partial charge on any atom is -0.330 e. The quantitative estimate of drug-likeness (QED) is 0.417. The Bertz CT molecular complexity index is 1070. The molecule has 2 heteroatoms. The summed E-state index contributed by atoms with van der Waals surface area (Å²) < 4.78 is 2.31. The van der Waals surface area contributed by atoms with Crippen LogP contribution in [0.4, 0.5) is 0 Å². The molecule has 2 unspecified atom stereocenters. The summed E-state index contributed by atoms with van der Waals surface area (Å²) in [4.78, 5) is 4.48. The van der Waals surface area contributed by atoms with Gasteiger partial charge < -0.3 is 4.57 Å². The number of benzene rings is 3. The molecule has 5 rings (SSSR count). The highest BCUT2D eigenvalue weighted by molar-refractivity contribution is 5.37. The number of nitrogens with zero attached hydrogens (tertiary/aromatic N) is 2. The third kappa shape index (κ3) is 3.88. The maximum atomic E-state index is 4.48. The van der Waals surface area contributed by atoms with Crippen LogP contribution in [0.25, 0.3) is 0 Å². The molecule has 0 radical (unpaired) electrons. The first-order valence-corrected chi connectivity index (χ1v) is 10.5. The first kappa shape index (κ1) is 17.9. The first-order valence-electron chi connectivity index (χ1n) is 10.5. The third-order valence-electron chi connectivity index (χ3n) is 6.25. The predicted molar refractivity (Wildman–Crippen MR) is 118 cm³/mol. The normalized spacial score (nSPS) is 18.3. The van der Waals surface area contributed by atoms with E-state index in [2.05, 4.69) is 101 Å². The van der Waals surface area contributed by atoms with Gasteiger partial charge in [-0.1, -0.05) is 84.9 Å². The zero-order valence-electron chi connectivity index (χ0n) is 16.6. The largest absolute Gasteiger partial charge is 0.330 e. The molecule has 0 saturated heterocycles. The monoisotopic (exact) mass is 378 g/mol. The lowest BCUT2D eigenvalue weighted by atomic mass is 9.73. The molecule has 0 saturated carbocycles. The van der Waals surface area contributed by atoms with E-state index < -0.39 is 0 Å². The molecule has 1 aliphatic carbocycles. The van der Waals surface area contributed by atoms with Gasteiger partial charge in [0.15, 0.2) is 0 Å². The van der Waals surface area contributed by atoms with Gasteiger partial charge in [-0.15, -0.1) is 0 Å². The van der Waals surface area contributed by atoms with Crippen molar-refractivity contribution in [2.75, 3.05) is 0 Å². The van der Waals surface area contributed by atoms with Crippen molar-refractivity contribution >= 4 is 0 Å². The number of rotatable bonds is 5. The van der Waals surface area contributed by atoms with Gasteiger partial charge in [0, 0.05) is 18.4 Å². The standard InChI is InChI=1S/C27H26N2/c1-3-9-21(10-4-1)19-29-20-28-18-26(29)17-25-16-24(22-11-5-2-6-12-22)15-23-13-7-8-14-27(23)25/h1-14,18,20,24-25H,15-17,19H2. The summed E-state index contributed by atoms with van der Waals surface area (Å²) in [6, 6.07) is 30.7. The molecule has 2 atom stereocenters. The van der Waals surface area contributed by atoms with Crippen molar-refractivity contribution < 1.29 is 0 Å². The Kier molecular flexibility index (Phi) is 5.00. The van der Waals surface area contributed by atoms with Crippen LogP contribution in [-0.2, 0) is 19.4 Å². The molecule has 0 N–H and O–H groups in total. The van der Waals surface area contributed by atoms with Gasteiger partial charge in [-0.3, -0.25) is 0 Å². The molecule has 144 valence electrons. The SMILES string of the molecule is c1ccc(Cn2cncc2CC2CC(c3ccccc3)Cc3ccccc32)cc1. The van der Waals surface area contributed by atoms with Crippen LogP contribution >= 0.6 is 0 Å². The lowest BCUT2D eigenvalue weighted by Gasteiger charge is -2.32. The Labute approximate surface area is 172 Å². The van der Waals surface area contributed by atoms with E-state index in [0.717, 1.165) is 19.4 Å². The fraction of sp³-hybridized carbons (Fsp3) is 0.222. The predicted octanol–water partition coefficient (Wildman–Crippen LogP) is 5.99. The molecule has 1 aliphatic rings. The van der Waals surface area contributed by atoms with Crippen LogP contribution in [-0.4, -0.2) is 9.55 Å². The lowest BCUT2D eigenvalue weighted by molar-refractivity contribution is 0.481. The molecule has 2 nitrogen and oxygen atoms in total. The van der Waals surface area contributed by atoms with Crippen molar-refractivity contribution in [2.24, 2.45) is 0 Å². The third-order valence-corrected chi connectivity index (χ3v) is 6.25. The summed E-state index contributed by atoms with van der Waals surface area (Å²) in [7, 11) is 0. The van der Waals surface area contributed by atoms with E-state index in [1.54, 1.807) is 0 Å². The van der Waals surface area contributed by atoms with Gasteiger partial charge in [0.2, 0.25) is 0 Å². The highest BCUT2D eigenvalue weighted by Crippen LogP contribution is 2.41. The second-order valence-electron chi connectivity index (χ2n) is 8.15. The van der Waals surface area contributed by atoms with Crippen LogP contribution in [0, 0.1) is 0 Å². The van der Waals surface area contributed by atoms with Crippen molar-refractivity contribution in [3.8, 4) is 0 Å². The van der Waals surface area contributed by atoms with Crippen molar-refractivity contribution in [1.29, 1.82) is 0 Å². The smallest absolute Gasteiger partial charge is 0.0951 e. The van der Waals surface area contributed by atoms with E-state index in [1.807, 2.05) is 6.33 Å². The molecule has 4 aromatic rings. The average Bonchev–Trinajstić information content (AvgIpc) is 3.21. The Balaban J connectivity index is 1.43. The summed E-state index contributed by atoms with van der Waals surface area (Å²) in [5.74, 6) is 1.11. The Morgan fingerprint density at radius 1 is 0.828 bits per heavy atom. The van der Waals surface area contributed by atoms with Crippen molar-refractivity contribution in [3.05, 3.63) is 125 Å². The van der Waals surface area contributed by atoms with E-state index in [-0.39, 0.29) is 0 Å². The zero-order valence-corrected chi connectivity index (χ0v) is 16.6. The van der Waals surface area contributed by atoms with Gasteiger partial charge in [-0.25, -0.2) is 4.98 Å². The average molecular weight is 379 g/mol. The molecule has 29 heavy (non-hydrogen) atoms. The van der Waals surface area contributed by atoms with E-state index >= 15 is 0 Å². The van der Waals surface area contributed by atoms with E-state index in [4.69, 9.17) is 0 Å². The molecule has 0 bridgehead atoms. The molecule has 0 amide bonds. The van der Waals surface area contributed by atoms with Crippen LogP contribution in [0.1, 0.15) is 46.2 Å². The number of hydrogen-bond acceptors (Lipinski definition) is 1. The molecule has 0 aliphatic heterocycles. The Morgan fingerprint density at radius 3 is 2.38 bits per heavy atom. The van der Waals surface area contributed by atoms with Gasteiger partial charge in [0.05, 0.1) is 6.33 Å². The summed E-state index contributed by atoms with van der Waals surface area (Å²) in [6.45, 7) is 0.882. The molecule has 1 aromatic heterocycles. The van der Waals surface area contributed by atoms with Crippen LogP contribution < -0.4 is 0 Å². The van der Waals surface area contributed by atoms with Crippen molar-refractivity contribution in [3.63, 3.8) is 0 Å². The maximum Gasteiger partial charge on any atom is 0.0951 e. The van der Waals surface area contributed by atoms with Gasteiger partial charge in [0.1, 0.15) is 0 Å². The van der Waals surface area contributed by atoms with E-state index in [0.29, 0.717) is 11.8 Å². The Morgan fingerprint density at radius 2 is 1.55 bits per heavy atom. The molecular weight excluding hydrogens is 352 g/mol. The lowest BCUT2D eigenvalue weighted by Crippen LogP contribution is -2.20. The Hall–Kier alpha value is -3.13. The maximum absolute atomic E-state index is 4.48. The molecule has 0 spiro atoms. The highest BCUT2D eigenvalue weighted by atomic mass is 15.0. The fourth-order valence-electron chi connectivity index (χ4n) is 4.80. The summed E-state index contributed by atoms with van der Waals surface area (Å²) in [5, 5.41) is 0. The number of fused-ring (bicyclic) bond motifs is 1. The zero-order chi connectivity index (χ0) is 19.5.